The number of benzene rings is 1. The maximum absolute atomic E-state index is 5.66. The van der Waals surface area contributed by atoms with E-state index in [0.29, 0.717) is 0 Å². The molecule has 3 heteroatoms. The number of aryl methyl sites for hydroxylation is 3. The predicted octanol–water partition coefficient (Wildman–Crippen LogP) is 6.10. The van der Waals surface area contributed by atoms with Gasteiger partial charge >= 0.3 is 0 Å². The van der Waals surface area contributed by atoms with Crippen LogP contribution in [0, 0.1) is 6.92 Å². The largest absolute Gasteiger partial charge is 0.481 e. The Balaban J connectivity index is 2.35. The summed E-state index contributed by atoms with van der Waals surface area (Å²) in [6, 6.07) is 6.50. The lowest BCUT2D eigenvalue weighted by Gasteiger charge is -2.16. The monoisotopic (exact) mass is 354 g/mol. The lowest BCUT2D eigenvalue weighted by molar-refractivity contribution is 0.390. The van der Waals surface area contributed by atoms with Gasteiger partial charge in [0.05, 0.1) is 7.11 Å². The topological polar surface area (TPSA) is 35.0 Å². The van der Waals surface area contributed by atoms with Gasteiger partial charge in [-0.25, -0.2) is 4.98 Å². The molecule has 3 nitrogen and oxygen atoms in total. The Morgan fingerprint density at radius 2 is 1.54 bits per heavy atom. The van der Waals surface area contributed by atoms with Crippen LogP contribution in [0.1, 0.15) is 75.3 Å². The standard InChI is InChI=1S/C23H34N2O/c1-6-9-10-11-12-16-20-17(4)24-22(25-23(20)26-5)21-18(7-2)14-13-15-19(21)8-3/h13-15H,6-12,16H2,1-5H3. The van der Waals surface area contributed by atoms with E-state index in [1.807, 2.05) is 0 Å². The molecule has 0 aliphatic heterocycles. The van der Waals surface area contributed by atoms with Crippen molar-refractivity contribution >= 4 is 0 Å². The number of methoxy groups -OCH3 is 1. The van der Waals surface area contributed by atoms with Crippen LogP contribution >= 0.6 is 0 Å². The Morgan fingerprint density at radius 3 is 2.12 bits per heavy atom. The summed E-state index contributed by atoms with van der Waals surface area (Å²) in [4.78, 5) is 9.71. The van der Waals surface area contributed by atoms with Crippen molar-refractivity contribution in [2.75, 3.05) is 7.11 Å². The minimum absolute atomic E-state index is 0.746. The summed E-state index contributed by atoms with van der Waals surface area (Å²) >= 11 is 0. The number of rotatable bonds is 10. The number of nitrogens with zero attached hydrogens (tertiary/aromatic N) is 2. The van der Waals surface area contributed by atoms with Crippen LogP contribution in [-0.2, 0) is 19.3 Å². The normalized spacial score (nSPS) is 11.0. The molecule has 0 N–H and O–H groups in total. The zero-order valence-corrected chi connectivity index (χ0v) is 17.2. The third kappa shape index (κ3) is 4.84. The van der Waals surface area contributed by atoms with Gasteiger partial charge in [-0.2, -0.15) is 4.98 Å². The molecule has 0 fully saturated rings. The van der Waals surface area contributed by atoms with Gasteiger partial charge < -0.3 is 4.74 Å². The fourth-order valence-electron chi connectivity index (χ4n) is 3.57. The third-order valence-corrected chi connectivity index (χ3v) is 5.12. The SMILES string of the molecule is CCCCCCCc1c(C)nc(-c2c(CC)cccc2CC)nc1OC. The summed E-state index contributed by atoms with van der Waals surface area (Å²) in [5.74, 6) is 1.55. The molecule has 0 aliphatic carbocycles. The van der Waals surface area contributed by atoms with E-state index in [1.54, 1.807) is 7.11 Å². The maximum Gasteiger partial charge on any atom is 0.220 e. The first-order chi connectivity index (χ1) is 12.7. The zero-order valence-electron chi connectivity index (χ0n) is 17.2. The van der Waals surface area contributed by atoms with Crippen molar-refractivity contribution < 1.29 is 4.74 Å². The molecule has 1 aromatic heterocycles. The van der Waals surface area contributed by atoms with E-state index < -0.39 is 0 Å². The minimum Gasteiger partial charge on any atom is -0.481 e. The van der Waals surface area contributed by atoms with Gasteiger partial charge in [0.2, 0.25) is 5.88 Å². The van der Waals surface area contributed by atoms with Crippen LogP contribution in [0.5, 0.6) is 5.88 Å². The van der Waals surface area contributed by atoms with E-state index in [-0.39, 0.29) is 0 Å². The summed E-state index contributed by atoms with van der Waals surface area (Å²) in [6.45, 7) is 8.72. The number of ether oxygens (including phenoxy) is 1. The Hall–Kier alpha value is -1.90. The van der Waals surface area contributed by atoms with Crippen molar-refractivity contribution in [3.8, 4) is 17.3 Å². The van der Waals surface area contributed by atoms with Gasteiger partial charge in [-0.15, -0.1) is 0 Å². The highest BCUT2D eigenvalue weighted by Crippen LogP contribution is 2.30. The molecule has 26 heavy (non-hydrogen) atoms. The van der Waals surface area contributed by atoms with Crippen LogP contribution in [-0.4, -0.2) is 17.1 Å². The summed E-state index contributed by atoms with van der Waals surface area (Å²) < 4.78 is 5.66. The van der Waals surface area contributed by atoms with Crippen LogP contribution in [0.4, 0.5) is 0 Å². The summed E-state index contributed by atoms with van der Waals surface area (Å²) in [6.07, 6.45) is 9.29. The maximum atomic E-state index is 5.66. The van der Waals surface area contributed by atoms with E-state index in [1.165, 1.54) is 54.4 Å². The first-order valence-corrected chi connectivity index (χ1v) is 10.2. The van der Waals surface area contributed by atoms with Crippen LogP contribution < -0.4 is 4.74 Å². The molecule has 0 saturated heterocycles. The quantitative estimate of drug-likeness (QED) is 0.484. The van der Waals surface area contributed by atoms with E-state index in [9.17, 15) is 0 Å². The lowest BCUT2D eigenvalue weighted by Crippen LogP contribution is -2.06. The molecule has 2 rings (SSSR count). The molecule has 1 heterocycles. The zero-order chi connectivity index (χ0) is 18.9. The highest BCUT2D eigenvalue weighted by Gasteiger charge is 2.17. The van der Waals surface area contributed by atoms with Crippen LogP contribution in [0.2, 0.25) is 0 Å². The lowest BCUT2D eigenvalue weighted by atomic mass is 9.96. The van der Waals surface area contributed by atoms with E-state index >= 15 is 0 Å². The van der Waals surface area contributed by atoms with E-state index in [0.717, 1.165) is 36.7 Å². The van der Waals surface area contributed by atoms with Gasteiger partial charge in [0.25, 0.3) is 0 Å². The Kier molecular flexibility index (Phi) is 8.08. The average molecular weight is 355 g/mol. The van der Waals surface area contributed by atoms with E-state index in [4.69, 9.17) is 14.7 Å². The highest BCUT2D eigenvalue weighted by atomic mass is 16.5. The molecule has 0 unspecified atom stereocenters. The van der Waals surface area contributed by atoms with Gasteiger partial charge in [-0.1, -0.05) is 64.7 Å². The van der Waals surface area contributed by atoms with Crippen molar-refractivity contribution in [2.45, 2.75) is 79.1 Å². The molecular weight excluding hydrogens is 320 g/mol. The van der Waals surface area contributed by atoms with Crippen molar-refractivity contribution in [1.29, 1.82) is 0 Å². The molecule has 0 spiro atoms. The number of aromatic nitrogens is 2. The predicted molar refractivity (Wildman–Crippen MR) is 110 cm³/mol. The number of unbranched alkanes of at least 4 members (excludes halogenated alkanes) is 4. The first kappa shape index (κ1) is 20.4. The molecule has 0 saturated carbocycles. The van der Waals surface area contributed by atoms with Gasteiger partial charge in [-0.05, 0) is 43.7 Å². The molecule has 0 atom stereocenters. The second kappa shape index (κ2) is 10.3. The Bertz CT molecular complexity index is 687. The average Bonchev–Trinajstić information content (AvgIpc) is 2.67. The molecule has 2 aromatic rings. The van der Waals surface area contributed by atoms with Crippen LogP contribution in [0.3, 0.4) is 0 Å². The minimum atomic E-state index is 0.746. The Labute approximate surface area is 159 Å². The molecule has 0 bridgehead atoms. The number of hydrogen-bond donors (Lipinski definition) is 0. The van der Waals surface area contributed by atoms with Gasteiger partial charge in [0, 0.05) is 16.8 Å². The summed E-state index contributed by atoms with van der Waals surface area (Å²) in [7, 11) is 1.72. The van der Waals surface area contributed by atoms with Crippen molar-refractivity contribution in [3.05, 3.63) is 40.6 Å². The molecule has 0 amide bonds. The second-order valence-corrected chi connectivity index (χ2v) is 6.94. The molecule has 1 aromatic carbocycles. The van der Waals surface area contributed by atoms with Crippen LogP contribution in [0.15, 0.2) is 18.2 Å². The second-order valence-electron chi connectivity index (χ2n) is 6.94. The van der Waals surface area contributed by atoms with Gasteiger partial charge in [-0.3, -0.25) is 0 Å². The molecule has 0 radical (unpaired) electrons. The fourth-order valence-corrected chi connectivity index (χ4v) is 3.57. The first-order valence-electron chi connectivity index (χ1n) is 10.2. The fraction of sp³-hybridized carbons (Fsp3) is 0.565. The summed E-state index contributed by atoms with van der Waals surface area (Å²) in [5, 5.41) is 0. The van der Waals surface area contributed by atoms with Crippen molar-refractivity contribution in [1.82, 2.24) is 9.97 Å². The van der Waals surface area contributed by atoms with Gasteiger partial charge in [0.1, 0.15) is 0 Å². The summed E-state index contributed by atoms with van der Waals surface area (Å²) in [5.41, 5.74) is 6.01. The molecule has 142 valence electrons. The Morgan fingerprint density at radius 1 is 0.885 bits per heavy atom. The van der Waals surface area contributed by atoms with Crippen molar-refractivity contribution in [3.63, 3.8) is 0 Å². The third-order valence-electron chi connectivity index (χ3n) is 5.12. The molecule has 0 aliphatic rings. The van der Waals surface area contributed by atoms with Gasteiger partial charge in [0.15, 0.2) is 5.82 Å². The van der Waals surface area contributed by atoms with E-state index in [2.05, 4.69) is 45.9 Å². The number of hydrogen-bond acceptors (Lipinski definition) is 3. The smallest absolute Gasteiger partial charge is 0.220 e. The van der Waals surface area contributed by atoms with Crippen LogP contribution in [0.25, 0.3) is 11.4 Å². The highest BCUT2D eigenvalue weighted by molar-refractivity contribution is 5.66. The molecular formula is C23H34N2O. The van der Waals surface area contributed by atoms with Crippen molar-refractivity contribution in [2.24, 2.45) is 0 Å².